The summed E-state index contributed by atoms with van der Waals surface area (Å²) in [6.07, 6.45) is 0.385. The smallest absolute Gasteiger partial charge is 0.258 e. The van der Waals surface area contributed by atoms with Crippen molar-refractivity contribution in [3.63, 3.8) is 0 Å². The molecule has 2 aliphatic rings. The zero-order chi connectivity index (χ0) is 27.7. The summed E-state index contributed by atoms with van der Waals surface area (Å²) in [5.41, 5.74) is 2.54. The number of ether oxygens (including phenoxy) is 2. The van der Waals surface area contributed by atoms with Crippen LogP contribution in [-0.2, 0) is 9.53 Å². The van der Waals surface area contributed by atoms with Gasteiger partial charge in [-0.3, -0.25) is 9.59 Å². The number of rotatable bonds is 11. The minimum Gasteiger partial charge on any atom is -0.540 e. The maximum atomic E-state index is 13.7. The van der Waals surface area contributed by atoms with Gasteiger partial charge in [0.2, 0.25) is 0 Å². The van der Waals surface area contributed by atoms with Crippen molar-refractivity contribution in [2.45, 2.75) is 96.3 Å². The molecule has 1 atom stereocenters. The highest BCUT2D eigenvalue weighted by Crippen LogP contribution is 2.47. The molecule has 0 saturated carbocycles. The standard InChI is InChI=1S/C28H48N2O5Si2/c1-19(2)37(20(3)4,21(5)6)35-27-15-25-24(14-26(27)33-7)28(32)30-17-23(31)13-22(30)16-29(25)18-34-11-12-36(8,9)10/h14-15,19-22H,11-13,16-18H2,1-10H3/t22-/m0/s1. The monoisotopic (exact) mass is 548 g/mol. The summed E-state index contributed by atoms with van der Waals surface area (Å²) in [6, 6.07) is 4.72. The van der Waals surface area contributed by atoms with Crippen molar-refractivity contribution in [1.82, 2.24) is 4.90 Å². The lowest BCUT2D eigenvalue weighted by Crippen LogP contribution is -2.50. The summed E-state index contributed by atoms with van der Waals surface area (Å²) in [7, 11) is -1.87. The number of anilines is 1. The molecule has 7 nitrogen and oxygen atoms in total. The van der Waals surface area contributed by atoms with Gasteiger partial charge in [0, 0.05) is 33.7 Å². The molecule has 0 aromatic heterocycles. The van der Waals surface area contributed by atoms with Crippen LogP contribution >= 0.6 is 0 Å². The fourth-order valence-corrected chi connectivity index (χ4v) is 12.1. The molecule has 1 saturated heterocycles. The fraction of sp³-hybridized carbons (Fsp3) is 0.714. The first-order chi connectivity index (χ1) is 17.2. The van der Waals surface area contributed by atoms with Gasteiger partial charge in [-0.05, 0) is 28.7 Å². The Morgan fingerprint density at radius 2 is 1.59 bits per heavy atom. The molecule has 37 heavy (non-hydrogen) atoms. The lowest BCUT2D eigenvalue weighted by atomic mass is 10.1. The largest absolute Gasteiger partial charge is 0.540 e. The van der Waals surface area contributed by atoms with Gasteiger partial charge in [-0.15, -0.1) is 0 Å². The highest BCUT2D eigenvalue weighted by molar-refractivity contribution is 6.78. The Bertz CT molecular complexity index is 968. The molecular formula is C28H48N2O5Si2. The number of carbonyl (C=O) groups excluding carboxylic acids is 2. The van der Waals surface area contributed by atoms with E-state index >= 15 is 0 Å². The summed E-state index contributed by atoms with van der Waals surface area (Å²) in [4.78, 5) is 29.8. The molecule has 208 valence electrons. The van der Waals surface area contributed by atoms with Crippen LogP contribution in [0.2, 0.25) is 42.3 Å². The molecular weight excluding hydrogens is 500 g/mol. The number of benzene rings is 1. The normalized spacial score (nSPS) is 18.6. The molecule has 1 aromatic carbocycles. The van der Waals surface area contributed by atoms with Crippen LogP contribution in [0.5, 0.6) is 11.5 Å². The second kappa shape index (κ2) is 11.5. The van der Waals surface area contributed by atoms with Crippen molar-refractivity contribution in [1.29, 1.82) is 0 Å². The van der Waals surface area contributed by atoms with Crippen molar-refractivity contribution in [3.8, 4) is 11.5 Å². The molecule has 2 aliphatic heterocycles. The minimum absolute atomic E-state index is 0.106. The predicted octanol–water partition coefficient (Wildman–Crippen LogP) is 6.17. The summed E-state index contributed by atoms with van der Waals surface area (Å²) < 4.78 is 19.0. The zero-order valence-electron chi connectivity index (χ0n) is 24.6. The Morgan fingerprint density at radius 3 is 2.14 bits per heavy atom. The van der Waals surface area contributed by atoms with Gasteiger partial charge < -0.3 is 23.7 Å². The van der Waals surface area contributed by atoms with E-state index in [4.69, 9.17) is 13.9 Å². The van der Waals surface area contributed by atoms with Gasteiger partial charge in [0.25, 0.3) is 14.2 Å². The summed E-state index contributed by atoms with van der Waals surface area (Å²) in [5, 5.41) is 0. The highest BCUT2D eigenvalue weighted by atomic mass is 28.4. The van der Waals surface area contributed by atoms with Crippen LogP contribution in [0.15, 0.2) is 12.1 Å². The highest BCUT2D eigenvalue weighted by Gasteiger charge is 2.48. The van der Waals surface area contributed by atoms with Crippen LogP contribution < -0.4 is 14.1 Å². The topological polar surface area (TPSA) is 68.3 Å². The second-order valence-electron chi connectivity index (χ2n) is 12.8. The molecule has 0 bridgehead atoms. The zero-order valence-corrected chi connectivity index (χ0v) is 26.6. The van der Waals surface area contributed by atoms with E-state index in [1.165, 1.54) is 0 Å². The molecule has 0 aliphatic carbocycles. The molecule has 2 heterocycles. The van der Waals surface area contributed by atoms with Gasteiger partial charge in [-0.1, -0.05) is 61.2 Å². The molecule has 1 fully saturated rings. The molecule has 1 amide bonds. The number of methoxy groups -OCH3 is 1. The Balaban J connectivity index is 2.07. The fourth-order valence-electron chi connectivity index (χ4n) is 6.11. The number of hydrogen-bond acceptors (Lipinski definition) is 6. The molecule has 9 heteroatoms. The number of amides is 1. The Morgan fingerprint density at radius 1 is 0.973 bits per heavy atom. The van der Waals surface area contributed by atoms with Gasteiger partial charge in [-0.25, -0.2) is 0 Å². The summed E-state index contributed by atoms with van der Waals surface area (Å²) in [5.74, 6) is 1.24. The predicted molar refractivity (Wildman–Crippen MR) is 155 cm³/mol. The third-order valence-electron chi connectivity index (χ3n) is 8.03. The maximum absolute atomic E-state index is 13.7. The first-order valence-electron chi connectivity index (χ1n) is 13.8. The minimum atomic E-state index is -2.26. The van der Waals surface area contributed by atoms with E-state index in [1.807, 2.05) is 12.1 Å². The van der Waals surface area contributed by atoms with Crippen LogP contribution in [-0.4, -0.2) is 72.6 Å². The van der Waals surface area contributed by atoms with Gasteiger partial charge in [-0.2, -0.15) is 0 Å². The average Bonchev–Trinajstić information content (AvgIpc) is 3.12. The first-order valence-corrected chi connectivity index (χ1v) is 19.6. The van der Waals surface area contributed by atoms with Crippen LogP contribution in [0.4, 0.5) is 5.69 Å². The average molecular weight is 549 g/mol. The van der Waals surface area contributed by atoms with Crippen molar-refractivity contribution >= 4 is 33.8 Å². The van der Waals surface area contributed by atoms with Crippen molar-refractivity contribution < 1.29 is 23.5 Å². The third-order valence-corrected chi connectivity index (χ3v) is 15.7. The van der Waals surface area contributed by atoms with Gasteiger partial charge >= 0.3 is 0 Å². The van der Waals surface area contributed by atoms with E-state index in [0.717, 1.165) is 11.7 Å². The summed E-state index contributed by atoms with van der Waals surface area (Å²) in [6.45, 7) is 22.3. The van der Waals surface area contributed by atoms with Crippen LogP contribution in [0, 0.1) is 0 Å². The maximum Gasteiger partial charge on any atom is 0.258 e. The molecule has 0 spiro atoms. The van der Waals surface area contributed by atoms with Gasteiger partial charge in [0.05, 0.1) is 30.9 Å². The van der Waals surface area contributed by atoms with Crippen molar-refractivity contribution in [2.75, 3.05) is 38.4 Å². The van der Waals surface area contributed by atoms with E-state index < -0.39 is 16.4 Å². The number of carbonyl (C=O) groups is 2. The Hall–Kier alpha value is -1.85. The van der Waals surface area contributed by atoms with E-state index in [0.29, 0.717) is 60.0 Å². The summed E-state index contributed by atoms with van der Waals surface area (Å²) >= 11 is 0. The van der Waals surface area contributed by atoms with E-state index in [-0.39, 0.29) is 24.3 Å². The van der Waals surface area contributed by atoms with E-state index in [1.54, 1.807) is 12.0 Å². The van der Waals surface area contributed by atoms with E-state index in [2.05, 4.69) is 66.1 Å². The second-order valence-corrected chi connectivity index (χ2v) is 23.8. The van der Waals surface area contributed by atoms with Crippen molar-refractivity contribution in [2.24, 2.45) is 0 Å². The Kier molecular flexibility index (Phi) is 9.23. The SMILES string of the molecule is COc1cc2c(cc1O[Si](C(C)C)(C(C)C)C(C)C)N(COCC[Si](C)(C)C)C[C@@H]1CC(=O)CN1C2=O. The molecule has 0 unspecified atom stereocenters. The number of ketones is 1. The van der Waals surface area contributed by atoms with Crippen LogP contribution in [0.25, 0.3) is 0 Å². The van der Waals surface area contributed by atoms with Crippen LogP contribution in [0.1, 0.15) is 58.3 Å². The van der Waals surface area contributed by atoms with Gasteiger partial charge in [0.15, 0.2) is 11.5 Å². The van der Waals surface area contributed by atoms with Gasteiger partial charge in [0.1, 0.15) is 12.5 Å². The first kappa shape index (κ1) is 29.7. The number of nitrogens with zero attached hydrogens (tertiary/aromatic N) is 2. The molecule has 0 N–H and O–H groups in total. The molecule has 0 radical (unpaired) electrons. The van der Waals surface area contributed by atoms with Crippen molar-refractivity contribution in [3.05, 3.63) is 17.7 Å². The third kappa shape index (κ3) is 6.25. The lowest BCUT2D eigenvalue weighted by molar-refractivity contribution is -0.116. The molecule has 3 rings (SSSR count). The lowest BCUT2D eigenvalue weighted by Gasteiger charge is -2.42. The Labute approximate surface area is 226 Å². The quantitative estimate of drug-likeness (QED) is 0.243. The number of Topliss-reactive ketones (excluding diaryl/α,β-unsaturated/α-hetero) is 1. The van der Waals surface area contributed by atoms with Crippen LogP contribution in [0.3, 0.4) is 0 Å². The molecule has 1 aromatic rings. The van der Waals surface area contributed by atoms with E-state index in [9.17, 15) is 9.59 Å². The number of fused-ring (bicyclic) bond motifs is 2. The number of hydrogen-bond donors (Lipinski definition) is 0.